The topological polar surface area (TPSA) is 52.8 Å². The Morgan fingerprint density at radius 1 is 1.40 bits per heavy atom. The van der Waals surface area contributed by atoms with Crippen LogP contribution in [0.5, 0.6) is 5.88 Å². The van der Waals surface area contributed by atoms with Crippen LogP contribution < -0.4 is 4.74 Å². The fourth-order valence-corrected chi connectivity index (χ4v) is 1.46. The van der Waals surface area contributed by atoms with Gasteiger partial charge in [0.05, 0.1) is 12.9 Å². The highest BCUT2D eigenvalue weighted by molar-refractivity contribution is 14.1. The number of halogens is 1. The third-order valence-corrected chi connectivity index (χ3v) is 2.36. The SMILES string of the molecule is Ic1cc(OCCn2ccnc2)ncn1. The molecule has 0 fully saturated rings. The van der Waals surface area contributed by atoms with Crippen LogP contribution in [0.4, 0.5) is 0 Å². The van der Waals surface area contributed by atoms with Gasteiger partial charge >= 0.3 is 0 Å². The summed E-state index contributed by atoms with van der Waals surface area (Å²) < 4.78 is 8.28. The van der Waals surface area contributed by atoms with Gasteiger partial charge in [-0.3, -0.25) is 0 Å². The molecule has 0 saturated carbocycles. The highest BCUT2D eigenvalue weighted by atomic mass is 127. The van der Waals surface area contributed by atoms with Crippen LogP contribution >= 0.6 is 22.6 Å². The van der Waals surface area contributed by atoms with Gasteiger partial charge in [-0.2, -0.15) is 0 Å². The molecule has 0 atom stereocenters. The zero-order chi connectivity index (χ0) is 10.5. The standard InChI is InChI=1S/C9H9IN4O/c10-8-5-9(13-6-12-8)15-4-3-14-2-1-11-7-14/h1-2,5-7H,3-4H2. The minimum absolute atomic E-state index is 0.573. The lowest BCUT2D eigenvalue weighted by Crippen LogP contribution is -2.07. The summed E-state index contributed by atoms with van der Waals surface area (Å²) in [6.45, 7) is 1.34. The van der Waals surface area contributed by atoms with Gasteiger partial charge in [-0.25, -0.2) is 15.0 Å². The molecule has 0 aliphatic rings. The van der Waals surface area contributed by atoms with E-state index in [2.05, 4.69) is 37.5 Å². The Morgan fingerprint density at radius 2 is 2.33 bits per heavy atom. The summed E-state index contributed by atoms with van der Waals surface area (Å²) in [6, 6.07) is 1.80. The van der Waals surface area contributed by atoms with Crippen molar-refractivity contribution >= 4 is 22.6 Å². The predicted octanol–water partition coefficient (Wildman–Crippen LogP) is 1.36. The molecule has 2 heterocycles. The second-order valence-electron chi connectivity index (χ2n) is 2.83. The first-order valence-corrected chi connectivity index (χ1v) is 5.48. The molecular formula is C9H9IN4O. The smallest absolute Gasteiger partial charge is 0.217 e. The highest BCUT2D eigenvalue weighted by Gasteiger charge is 1.97. The molecule has 78 valence electrons. The van der Waals surface area contributed by atoms with Gasteiger partial charge < -0.3 is 9.30 Å². The molecule has 0 N–H and O–H groups in total. The minimum atomic E-state index is 0.573. The van der Waals surface area contributed by atoms with Crippen molar-refractivity contribution < 1.29 is 4.74 Å². The van der Waals surface area contributed by atoms with Crippen LogP contribution in [0.15, 0.2) is 31.1 Å². The van der Waals surface area contributed by atoms with E-state index in [-0.39, 0.29) is 0 Å². The Morgan fingerprint density at radius 3 is 3.07 bits per heavy atom. The van der Waals surface area contributed by atoms with Crippen molar-refractivity contribution in [3.05, 3.63) is 34.8 Å². The number of aromatic nitrogens is 4. The summed E-state index contributed by atoms with van der Waals surface area (Å²) in [6.07, 6.45) is 6.89. The summed E-state index contributed by atoms with van der Waals surface area (Å²) in [5, 5.41) is 0. The fraction of sp³-hybridized carbons (Fsp3) is 0.222. The molecule has 0 amide bonds. The molecule has 0 aliphatic carbocycles. The zero-order valence-electron chi connectivity index (χ0n) is 7.88. The van der Waals surface area contributed by atoms with E-state index in [1.807, 2.05) is 10.8 Å². The molecule has 0 saturated heterocycles. The summed E-state index contributed by atoms with van der Waals surface area (Å²) in [4.78, 5) is 11.9. The second kappa shape index (κ2) is 5.06. The van der Waals surface area contributed by atoms with Gasteiger partial charge in [-0.15, -0.1) is 0 Å². The first-order chi connectivity index (χ1) is 7.34. The van der Waals surface area contributed by atoms with E-state index >= 15 is 0 Å². The number of nitrogens with zero attached hydrogens (tertiary/aromatic N) is 4. The van der Waals surface area contributed by atoms with Crippen LogP contribution in [0.3, 0.4) is 0 Å². The average Bonchev–Trinajstić information content (AvgIpc) is 2.71. The monoisotopic (exact) mass is 316 g/mol. The molecule has 0 aliphatic heterocycles. The lowest BCUT2D eigenvalue weighted by Gasteiger charge is -2.05. The Bertz CT molecular complexity index is 418. The van der Waals surface area contributed by atoms with E-state index in [1.54, 1.807) is 18.6 Å². The van der Waals surface area contributed by atoms with Crippen LogP contribution in [0.1, 0.15) is 0 Å². The molecule has 6 heteroatoms. The van der Waals surface area contributed by atoms with Crippen LogP contribution in [0, 0.1) is 3.70 Å². The van der Waals surface area contributed by atoms with Crippen LogP contribution in [0.2, 0.25) is 0 Å². The quantitative estimate of drug-likeness (QED) is 0.631. The highest BCUT2D eigenvalue weighted by Crippen LogP contribution is 2.08. The van der Waals surface area contributed by atoms with E-state index < -0.39 is 0 Å². The lowest BCUT2D eigenvalue weighted by atomic mass is 10.6. The van der Waals surface area contributed by atoms with Gasteiger partial charge in [0, 0.05) is 18.5 Å². The zero-order valence-corrected chi connectivity index (χ0v) is 10.0. The van der Waals surface area contributed by atoms with Crippen LogP contribution in [-0.2, 0) is 6.54 Å². The van der Waals surface area contributed by atoms with Gasteiger partial charge in [-0.1, -0.05) is 0 Å². The van der Waals surface area contributed by atoms with Crippen molar-refractivity contribution in [3.63, 3.8) is 0 Å². The van der Waals surface area contributed by atoms with Gasteiger partial charge in [0.1, 0.15) is 16.6 Å². The molecule has 15 heavy (non-hydrogen) atoms. The van der Waals surface area contributed by atoms with Gasteiger partial charge in [0.2, 0.25) is 5.88 Å². The lowest BCUT2D eigenvalue weighted by molar-refractivity contribution is 0.286. The normalized spacial score (nSPS) is 10.2. The number of hydrogen-bond donors (Lipinski definition) is 0. The van der Waals surface area contributed by atoms with Crippen molar-refractivity contribution in [3.8, 4) is 5.88 Å². The number of rotatable bonds is 4. The maximum atomic E-state index is 5.46. The summed E-state index contributed by atoms with van der Waals surface area (Å²) in [5.41, 5.74) is 0. The molecule has 0 bridgehead atoms. The van der Waals surface area contributed by atoms with E-state index in [4.69, 9.17) is 4.74 Å². The minimum Gasteiger partial charge on any atom is -0.476 e. The van der Waals surface area contributed by atoms with Crippen molar-refractivity contribution in [1.29, 1.82) is 0 Å². The Hall–Kier alpha value is -1.18. The molecular weight excluding hydrogens is 307 g/mol. The first-order valence-electron chi connectivity index (χ1n) is 4.41. The first kappa shape index (κ1) is 10.3. The predicted molar refractivity (Wildman–Crippen MR) is 62.5 cm³/mol. The number of imidazole rings is 1. The van der Waals surface area contributed by atoms with Crippen LogP contribution in [0.25, 0.3) is 0 Å². The fourth-order valence-electron chi connectivity index (χ4n) is 1.07. The van der Waals surface area contributed by atoms with E-state index in [0.29, 0.717) is 12.5 Å². The average molecular weight is 316 g/mol. The Kier molecular flexibility index (Phi) is 3.49. The van der Waals surface area contributed by atoms with Crippen molar-refractivity contribution in [2.24, 2.45) is 0 Å². The summed E-state index contributed by atoms with van der Waals surface area (Å²) >= 11 is 2.12. The number of hydrogen-bond acceptors (Lipinski definition) is 4. The van der Waals surface area contributed by atoms with E-state index in [9.17, 15) is 0 Å². The van der Waals surface area contributed by atoms with Gasteiger partial charge in [0.25, 0.3) is 0 Å². The maximum Gasteiger partial charge on any atom is 0.217 e. The van der Waals surface area contributed by atoms with Gasteiger partial charge in [-0.05, 0) is 22.6 Å². The third-order valence-electron chi connectivity index (χ3n) is 1.77. The summed E-state index contributed by atoms with van der Waals surface area (Å²) in [5.74, 6) is 0.606. The Labute approximate surface area is 101 Å². The molecule has 0 radical (unpaired) electrons. The summed E-state index contributed by atoms with van der Waals surface area (Å²) in [7, 11) is 0. The van der Waals surface area contributed by atoms with Gasteiger partial charge in [0.15, 0.2) is 0 Å². The van der Waals surface area contributed by atoms with E-state index in [1.165, 1.54) is 6.33 Å². The third kappa shape index (κ3) is 3.15. The van der Waals surface area contributed by atoms with Crippen LogP contribution in [-0.4, -0.2) is 26.1 Å². The molecule has 0 spiro atoms. The molecule has 2 aromatic rings. The molecule has 2 aromatic heterocycles. The maximum absolute atomic E-state index is 5.46. The van der Waals surface area contributed by atoms with Crippen molar-refractivity contribution in [2.45, 2.75) is 6.54 Å². The second-order valence-corrected chi connectivity index (χ2v) is 3.93. The number of ether oxygens (including phenoxy) is 1. The molecule has 0 unspecified atom stereocenters. The molecule has 5 nitrogen and oxygen atoms in total. The van der Waals surface area contributed by atoms with E-state index in [0.717, 1.165) is 10.2 Å². The van der Waals surface area contributed by atoms with Crippen molar-refractivity contribution in [1.82, 2.24) is 19.5 Å². The Balaban J connectivity index is 1.83. The molecule has 2 rings (SSSR count). The van der Waals surface area contributed by atoms with Crippen molar-refractivity contribution in [2.75, 3.05) is 6.61 Å². The largest absolute Gasteiger partial charge is 0.476 e. The molecule has 0 aromatic carbocycles.